The van der Waals surface area contributed by atoms with Crippen LogP contribution in [0.5, 0.6) is 0 Å². The van der Waals surface area contributed by atoms with Gasteiger partial charge in [-0.05, 0) is 43.9 Å². The van der Waals surface area contributed by atoms with Gasteiger partial charge < -0.3 is 10.5 Å². The second kappa shape index (κ2) is 2.98. The molecule has 1 atom stereocenters. The molecule has 2 bridgehead atoms. The Hall–Kier alpha value is -0.570. The summed E-state index contributed by atoms with van der Waals surface area (Å²) in [6, 6.07) is -0.388. The molecule has 3 nitrogen and oxygen atoms in total. The van der Waals surface area contributed by atoms with Crippen molar-refractivity contribution in [3.63, 3.8) is 0 Å². The third kappa shape index (κ3) is 1.46. The Morgan fingerprint density at radius 3 is 2.62 bits per heavy atom. The maximum absolute atomic E-state index is 11.2. The number of esters is 1. The van der Waals surface area contributed by atoms with E-state index < -0.39 is 0 Å². The molecule has 3 fully saturated rings. The van der Waals surface area contributed by atoms with Crippen LogP contribution in [0, 0.1) is 11.3 Å². The molecule has 0 saturated heterocycles. The molecule has 2 N–H and O–H groups in total. The van der Waals surface area contributed by atoms with E-state index in [0.717, 1.165) is 12.3 Å². The third-order valence-corrected chi connectivity index (χ3v) is 3.41. The zero-order chi connectivity index (χ0) is 9.47. The topological polar surface area (TPSA) is 52.3 Å². The van der Waals surface area contributed by atoms with E-state index in [2.05, 4.69) is 0 Å². The van der Waals surface area contributed by atoms with E-state index in [1.807, 2.05) is 6.92 Å². The van der Waals surface area contributed by atoms with Crippen LogP contribution >= 0.6 is 0 Å². The van der Waals surface area contributed by atoms with Crippen molar-refractivity contribution in [1.82, 2.24) is 0 Å². The molecule has 3 saturated carbocycles. The van der Waals surface area contributed by atoms with Crippen LogP contribution in [-0.4, -0.2) is 18.6 Å². The van der Waals surface area contributed by atoms with Gasteiger partial charge in [-0.3, -0.25) is 4.79 Å². The molecule has 0 aromatic carbocycles. The number of rotatable bonds is 4. The maximum Gasteiger partial charge on any atom is 0.322 e. The molecule has 3 heteroatoms. The quantitative estimate of drug-likeness (QED) is 0.663. The van der Waals surface area contributed by atoms with E-state index in [9.17, 15) is 4.79 Å². The van der Waals surface area contributed by atoms with Gasteiger partial charge in [-0.25, -0.2) is 0 Å². The van der Waals surface area contributed by atoms with Gasteiger partial charge >= 0.3 is 5.97 Å². The highest BCUT2D eigenvalue weighted by atomic mass is 16.5. The molecule has 3 aliphatic carbocycles. The van der Waals surface area contributed by atoms with Gasteiger partial charge in [0.05, 0.1) is 6.61 Å². The zero-order valence-electron chi connectivity index (χ0n) is 8.08. The molecule has 0 aromatic rings. The highest BCUT2D eigenvalue weighted by Gasteiger charge is 2.56. The fraction of sp³-hybridized carbons (Fsp3) is 0.900. The first-order chi connectivity index (χ1) is 6.15. The van der Waals surface area contributed by atoms with Crippen molar-refractivity contribution in [3.8, 4) is 0 Å². The van der Waals surface area contributed by atoms with Gasteiger partial charge in [0, 0.05) is 0 Å². The third-order valence-electron chi connectivity index (χ3n) is 3.41. The van der Waals surface area contributed by atoms with Gasteiger partial charge in [-0.1, -0.05) is 0 Å². The van der Waals surface area contributed by atoms with Crippen LogP contribution < -0.4 is 5.73 Å². The van der Waals surface area contributed by atoms with Crippen molar-refractivity contribution in [2.24, 2.45) is 17.1 Å². The Kier molecular flexibility index (Phi) is 2.06. The van der Waals surface area contributed by atoms with Crippen LogP contribution in [0.4, 0.5) is 0 Å². The summed E-state index contributed by atoms with van der Waals surface area (Å²) < 4.78 is 4.87. The molecule has 0 aromatic heterocycles. The molecular formula is C10H17NO2. The molecule has 0 heterocycles. The van der Waals surface area contributed by atoms with E-state index in [4.69, 9.17) is 10.5 Å². The molecule has 0 amide bonds. The van der Waals surface area contributed by atoms with Crippen molar-refractivity contribution in [3.05, 3.63) is 0 Å². The Labute approximate surface area is 78.6 Å². The van der Waals surface area contributed by atoms with Gasteiger partial charge in [0.15, 0.2) is 0 Å². The summed E-state index contributed by atoms with van der Waals surface area (Å²) >= 11 is 0. The van der Waals surface area contributed by atoms with Crippen molar-refractivity contribution in [2.75, 3.05) is 6.61 Å². The smallest absolute Gasteiger partial charge is 0.322 e. The zero-order valence-corrected chi connectivity index (χ0v) is 8.08. The van der Waals surface area contributed by atoms with Crippen molar-refractivity contribution >= 4 is 5.97 Å². The van der Waals surface area contributed by atoms with E-state index >= 15 is 0 Å². The van der Waals surface area contributed by atoms with Crippen LogP contribution in [0.1, 0.15) is 32.6 Å². The minimum Gasteiger partial charge on any atom is -0.465 e. The standard InChI is InChI=1S/C10H17NO2/c1-2-13-9(12)8(11)6-10-3-7(4-10)5-10/h7-8H,2-6,11H2,1H3. The summed E-state index contributed by atoms with van der Waals surface area (Å²) in [4.78, 5) is 11.2. The first-order valence-corrected chi connectivity index (χ1v) is 5.07. The summed E-state index contributed by atoms with van der Waals surface area (Å²) in [5, 5.41) is 0. The SMILES string of the molecule is CCOC(=O)C(N)CC12CC(C1)C2. The second-order valence-corrected chi connectivity index (χ2v) is 4.54. The Morgan fingerprint density at radius 2 is 2.23 bits per heavy atom. The minimum absolute atomic E-state index is 0.229. The van der Waals surface area contributed by atoms with Crippen molar-refractivity contribution in [1.29, 1.82) is 0 Å². The number of hydrogen-bond donors (Lipinski definition) is 1. The normalized spacial score (nSPS) is 37.2. The van der Waals surface area contributed by atoms with Gasteiger partial charge in [-0.2, -0.15) is 0 Å². The average Bonchev–Trinajstić information content (AvgIpc) is 1.94. The monoisotopic (exact) mass is 183 g/mol. The van der Waals surface area contributed by atoms with Gasteiger partial charge in [0.25, 0.3) is 0 Å². The van der Waals surface area contributed by atoms with Crippen LogP contribution in [-0.2, 0) is 9.53 Å². The number of nitrogens with two attached hydrogens (primary N) is 1. The lowest BCUT2D eigenvalue weighted by atomic mass is 9.43. The fourth-order valence-electron chi connectivity index (χ4n) is 2.71. The average molecular weight is 183 g/mol. The molecule has 0 radical (unpaired) electrons. The molecule has 0 spiro atoms. The molecule has 13 heavy (non-hydrogen) atoms. The van der Waals surface area contributed by atoms with Crippen molar-refractivity contribution in [2.45, 2.75) is 38.6 Å². The van der Waals surface area contributed by atoms with E-state index in [0.29, 0.717) is 12.0 Å². The predicted molar refractivity (Wildman–Crippen MR) is 49.0 cm³/mol. The molecule has 74 valence electrons. The fourth-order valence-corrected chi connectivity index (χ4v) is 2.71. The predicted octanol–water partition coefficient (Wildman–Crippen LogP) is 1.07. The molecule has 3 rings (SSSR count). The number of hydrogen-bond acceptors (Lipinski definition) is 3. The van der Waals surface area contributed by atoms with Gasteiger partial charge in [0.1, 0.15) is 6.04 Å². The Balaban J connectivity index is 1.77. The lowest BCUT2D eigenvalue weighted by Gasteiger charge is -2.62. The highest BCUT2D eigenvalue weighted by Crippen LogP contribution is 2.66. The van der Waals surface area contributed by atoms with E-state index in [-0.39, 0.29) is 12.0 Å². The summed E-state index contributed by atoms with van der Waals surface area (Å²) in [6.07, 6.45) is 4.71. The number of ether oxygens (including phenoxy) is 1. The van der Waals surface area contributed by atoms with E-state index in [1.54, 1.807) is 0 Å². The maximum atomic E-state index is 11.2. The number of carbonyl (C=O) groups is 1. The highest BCUT2D eigenvalue weighted by molar-refractivity contribution is 5.75. The Bertz CT molecular complexity index is 210. The second-order valence-electron chi connectivity index (χ2n) is 4.54. The summed E-state index contributed by atoms with van der Waals surface area (Å²) in [6.45, 7) is 2.24. The lowest BCUT2D eigenvalue weighted by molar-refractivity contribution is -0.153. The molecule has 1 unspecified atom stereocenters. The van der Waals surface area contributed by atoms with Crippen molar-refractivity contribution < 1.29 is 9.53 Å². The summed E-state index contributed by atoms with van der Waals surface area (Å²) in [5.41, 5.74) is 6.19. The molecule has 3 aliphatic rings. The minimum atomic E-state index is -0.388. The summed E-state index contributed by atoms with van der Waals surface area (Å²) in [5.74, 6) is 0.724. The van der Waals surface area contributed by atoms with E-state index in [1.165, 1.54) is 19.3 Å². The lowest BCUT2D eigenvalue weighted by Crippen LogP contribution is -2.55. The van der Waals surface area contributed by atoms with Crippen LogP contribution in [0.3, 0.4) is 0 Å². The first-order valence-electron chi connectivity index (χ1n) is 5.07. The van der Waals surface area contributed by atoms with Crippen LogP contribution in [0.2, 0.25) is 0 Å². The summed E-state index contributed by atoms with van der Waals surface area (Å²) in [7, 11) is 0. The molecule has 0 aliphatic heterocycles. The van der Waals surface area contributed by atoms with Crippen LogP contribution in [0.15, 0.2) is 0 Å². The largest absolute Gasteiger partial charge is 0.465 e. The Morgan fingerprint density at radius 1 is 1.62 bits per heavy atom. The van der Waals surface area contributed by atoms with Gasteiger partial charge in [0.2, 0.25) is 0 Å². The molecular weight excluding hydrogens is 166 g/mol. The number of carbonyl (C=O) groups excluding carboxylic acids is 1. The first kappa shape index (κ1) is 9.00. The van der Waals surface area contributed by atoms with Crippen LogP contribution in [0.25, 0.3) is 0 Å². The van der Waals surface area contributed by atoms with Gasteiger partial charge in [-0.15, -0.1) is 0 Å².